The van der Waals surface area contributed by atoms with E-state index >= 15 is 0 Å². The maximum Gasteiger partial charge on any atom is 0.0255 e. The molecule has 1 nitrogen and oxygen atoms in total. The predicted octanol–water partition coefficient (Wildman–Crippen LogP) is 3.25. The van der Waals surface area contributed by atoms with E-state index in [0.29, 0.717) is 5.92 Å². The van der Waals surface area contributed by atoms with Crippen molar-refractivity contribution < 1.29 is 0 Å². The van der Waals surface area contributed by atoms with Crippen molar-refractivity contribution in [2.75, 3.05) is 0 Å². The molecule has 15 heavy (non-hydrogen) atoms. The Kier molecular flexibility index (Phi) is 2.21. The third-order valence-electron chi connectivity index (χ3n) is 5.34. The molecule has 4 bridgehead atoms. The van der Waals surface area contributed by atoms with Gasteiger partial charge in [0.05, 0.1) is 0 Å². The molecule has 2 N–H and O–H groups in total. The van der Waals surface area contributed by atoms with Gasteiger partial charge in [0.15, 0.2) is 0 Å². The molecule has 0 amide bonds. The van der Waals surface area contributed by atoms with E-state index in [0.717, 1.165) is 11.8 Å². The van der Waals surface area contributed by atoms with Crippen molar-refractivity contribution in [1.29, 1.82) is 0 Å². The maximum atomic E-state index is 6.77. The zero-order valence-corrected chi connectivity index (χ0v) is 9.84. The molecular formula is C14H23N. The standard InChI is InChI=1S/C14H23N/c1-2-11-4-3-5-12-8-10-6-7-14(12,15)13(11)9-10/h9,11-13H,2-8,15H2,1H3/t11?,12-,13?,14?/m1/s1. The SMILES string of the molecule is CCC1CCC[C@@H]2CC3=CC1C2(N)CC3. The topological polar surface area (TPSA) is 26.0 Å². The van der Waals surface area contributed by atoms with Gasteiger partial charge >= 0.3 is 0 Å². The van der Waals surface area contributed by atoms with E-state index in [1.165, 1.54) is 44.9 Å². The normalized spacial score (nSPS) is 48.7. The monoisotopic (exact) mass is 205 g/mol. The van der Waals surface area contributed by atoms with Crippen LogP contribution in [0.25, 0.3) is 0 Å². The van der Waals surface area contributed by atoms with Gasteiger partial charge in [0.2, 0.25) is 0 Å². The Morgan fingerprint density at radius 1 is 1.47 bits per heavy atom. The Morgan fingerprint density at radius 3 is 3.13 bits per heavy atom. The molecule has 0 aliphatic heterocycles. The van der Waals surface area contributed by atoms with Crippen molar-refractivity contribution in [2.45, 2.75) is 57.4 Å². The molecular weight excluding hydrogens is 182 g/mol. The van der Waals surface area contributed by atoms with Gasteiger partial charge in [-0.2, -0.15) is 0 Å². The van der Waals surface area contributed by atoms with Gasteiger partial charge in [-0.05, 0) is 49.9 Å². The molecule has 0 spiro atoms. The van der Waals surface area contributed by atoms with Gasteiger partial charge in [0, 0.05) is 5.54 Å². The summed E-state index contributed by atoms with van der Waals surface area (Å²) in [5, 5.41) is 0. The van der Waals surface area contributed by atoms with Gasteiger partial charge < -0.3 is 5.73 Å². The minimum Gasteiger partial charge on any atom is -0.324 e. The molecule has 2 saturated carbocycles. The second kappa shape index (κ2) is 3.35. The molecule has 0 radical (unpaired) electrons. The van der Waals surface area contributed by atoms with Crippen LogP contribution in [-0.4, -0.2) is 5.54 Å². The molecule has 0 aromatic heterocycles. The molecule has 3 unspecified atom stereocenters. The largest absolute Gasteiger partial charge is 0.324 e. The summed E-state index contributed by atoms with van der Waals surface area (Å²) in [5.41, 5.74) is 8.68. The average molecular weight is 205 g/mol. The van der Waals surface area contributed by atoms with Crippen LogP contribution in [0.15, 0.2) is 11.6 Å². The van der Waals surface area contributed by atoms with Crippen molar-refractivity contribution in [3.63, 3.8) is 0 Å². The van der Waals surface area contributed by atoms with E-state index in [9.17, 15) is 0 Å². The first-order chi connectivity index (χ1) is 7.24. The van der Waals surface area contributed by atoms with Crippen LogP contribution in [0.1, 0.15) is 51.9 Å². The molecule has 4 aliphatic rings. The van der Waals surface area contributed by atoms with E-state index in [4.69, 9.17) is 5.73 Å². The second-order valence-electron chi connectivity index (χ2n) is 5.96. The number of hydrogen-bond acceptors (Lipinski definition) is 1. The van der Waals surface area contributed by atoms with Gasteiger partial charge in [0.25, 0.3) is 0 Å². The first kappa shape index (κ1) is 9.89. The fourth-order valence-corrected chi connectivity index (χ4v) is 4.40. The second-order valence-corrected chi connectivity index (χ2v) is 5.96. The Balaban J connectivity index is 2.01. The lowest BCUT2D eigenvalue weighted by atomic mass is 9.57. The quantitative estimate of drug-likeness (QED) is 0.653. The first-order valence-corrected chi connectivity index (χ1v) is 6.72. The lowest BCUT2D eigenvalue weighted by Crippen LogP contribution is -2.58. The lowest BCUT2D eigenvalue weighted by Gasteiger charge is -2.51. The maximum absolute atomic E-state index is 6.77. The summed E-state index contributed by atoms with van der Waals surface area (Å²) >= 11 is 0. The molecule has 2 fully saturated rings. The summed E-state index contributed by atoms with van der Waals surface area (Å²) in [5.74, 6) is 2.40. The molecule has 4 aliphatic carbocycles. The van der Waals surface area contributed by atoms with Crippen LogP contribution in [0.2, 0.25) is 0 Å². The van der Waals surface area contributed by atoms with E-state index in [2.05, 4.69) is 13.0 Å². The summed E-state index contributed by atoms with van der Waals surface area (Å²) in [6.45, 7) is 2.34. The van der Waals surface area contributed by atoms with Gasteiger partial charge in [-0.25, -0.2) is 0 Å². The fraction of sp³-hybridized carbons (Fsp3) is 0.857. The minimum atomic E-state index is 0.179. The molecule has 0 saturated heterocycles. The Labute approximate surface area is 93.1 Å². The number of hydrogen-bond donors (Lipinski definition) is 1. The highest BCUT2D eigenvalue weighted by Crippen LogP contribution is 2.53. The van der Waals surface area contributed by atoms with Crippen molar-refractivity contribution in [3.8, 4) is 0 Å². The van der Waals surface area contributed by atoms with E-state index in [1.54, 1.807) is 5.57 Å². The van der Waals surface area contributed by atoms with E-state index < -0.39 is 0 Å². The zero-order chi connectivity index (χ0) is 10.5. The Hall–Kier alpha value is -0.300. The van der Waals surface area contributed by atoms with Crippen LogP contribution in [0.5, 0.6) is 0 Å². The van der Waals surface area contributed by atoms with Crippen molar-refractivity contribution >= 4 is 0 Å². The molecule has 4 rings (SSSR count). The third-order valence-corrected chi connectivity index (χ3v) is 5.34. The van der Waals surface area contributed by atoms with E-state index in [1.807, 2.05) is 0 Å². The Bertz CT molecular complexity index is 294. The highest BCUT2D eigenvalue weighted by Gasteiger charge is 2.50. The Morgan fingerprint density at radius 2 is 2.33 bits per heavy atom. The van der Waals surface area contributed by atoms with Crippen molar-refractivity contribution in [1.82, 2.24) is 0 Å². The van der Waals surface area contributed by atoms with Gasteiger partial charge in [-0.3, -0.25) is 0 Å². The smallest absolute Gasteiger partial charge is 0.0255 e. The zero-order valence-electron chi connectivity index (χ0n) is 9.84. The molecule has 0 heterocycles. The summed E-state index contributed by atoms with van der Waals surface area (Å²) in [6.07, 6.45) is 12.0. The lowest BCUT2D eigenvalue weighted by molar-refractivity contribution is 0.116. The van der Waals surface area contributed by atoms with Crippen molar-refractivity contribution in [2.24, 2.45) is 23.5 Å². The van der Waals surface area contributed by atoms with Crippen LogP contribution in [0.4, 0.5) is 0 Å². The van der Waals surface area contributed by atoms with Crippen molar-refractivity contribution in [3.05, 3.63) is 11.6 Å². The number of allylic oxidation sites excluding steroid dienone is 1. The number of rotatable bonds is 1. The molecule has 4 atom stereocenters. The minimum absolute atomic E-state index is 0.179. The predicted molar refractivity (Wildman–Crippen MR) is 63.5 cm³/mol. The van der Waals surface area contributed by atoms with Gasteiger partial charge in [0.1, 0.15) is 0 Å². The summed E-state index contributed by atoms with van der Waals surface area (Å²) < 4.78 is 0. The highest BCUT2D eigenvalue weighted by molar-refractivity contribution is 5.26. The molecule has 1 heteroatoms. The van der Waals surface area contributed by atoms with Gasteiger partial charge in [-0.15, -0.1) is 0 Å². The van der Waals surface area contributed by atoms with Crippen LogP contribution < -0.4 is 5.73 Å². The third kappa shape index (κ3) is 1.32. The average Bonchev–Trinajstić information content (AvgIpc) is 2.33. The van der Waals surface area contributed by atoms with Crippen LogP contribution >= 0.6 is 0 Å². The first-order valence-electron chi connectivity index (χ1n) is 6.72. The van der Waals surface area contributed by atoms with Crippen LogP contribution in [-0.2, 0) is 0 Å². The number of nitrogens with two attached hydrogens (primary N) is 1. The summed E-state index contributed by atoms with van der Waals surface area (Å²) in [6, 6.07) is 0. The van der Waals surface area contributed by atoms with Crippen LogP contribution in [0.3, 0.4) is 0 Å². The molecule has 0 aromatic rings. The summed E-state index contributed by atoms with van der Waals surface area (Å²) in [4.78, 5) is 0. The van der Waals surface area contributed by atoms with Crippen LogP contribution in [0, 0.1) is 17.8 Å². The fourth-order valence-electron chi connectivity index (χ4n) is 4.40. The molecule has 0 aromatic carbocycles. The van der Waals surface area contributed by atoms with Gasteiger partial charge in [-0.1, -0.05) is 31.4 Å². The molecule has 84 valence electrons. The number of fused-ring (bicyclic) bond motifs is 1. The van der Waals surface area contributed by atoms with E-state index in [-0.39, 0.29) is 5.54 Å². The highest BCUT2D eigenvalue weighted by atomic mass is 14.8. The summed E-state index contributed by atoms with van der Waals surface area (Å²) in [7, 11) is 0.